The lowest BCUT2D eigenvalue weighted by Crippen LogP contribution is -2.25. The van der Waals surface area contributed by atoms with Gasteiger partial charge in [0.1, 0.15) is 0 Å². The van der Waals surface area contributed by atoms with Crippen molar-refractivity contribution in [1.29, 1.82) is 0 Å². The Morgan fingerprint density at radius 3 is 2.45 bits per heavy atom. The van der Waals surface area contributed by atoms with Gasteiger partial charge >= 0.3 is 6.09 Å². The minimum absolute atomic E-state index is 0.0176. The first-order valence-electron chi connectivity index (χ1n) is 9.86. The molecule has 6 nitrogen and oxygen atoms in total. The molecule has 156 valence electrons. The number of fused-ring (bicyclic) bond motifs is 1. The van der Waals surface area contributed by atoms with E-state index in [9.17, 15) is 9.90 Å². The number of nitrogens with one attached hydrogen (secondary N) is 1. The van der Waals surface area contributed by atoms with Gasteiger partial charge in [0.2, 0.25) is 0 Å². The van der Waals surface area contributed by atoms with Crippen LogP contribution in [0, 0.1) is 6.92 Å². The van der Waals surface area contributed by atoms with Crippen LogP contribution < -0.4 is 4.90 Å². The molecule has 3 aromatic carbocycles. The van der Waals surface area contributed by atoms with E-state index in [4.69, 9.17) is 9.73 Å². The number of amides is 1. The van der Waals surface area contributed by atoms with Crippen LogP contribution in [0.3, 0.4) is 0 Å². The number of aromatic nitrogens is 1. The number of anilines is 1. The van der Waals surface area contributed by atoms with Crippen molar-refractivity contribution in [2.75, 3.05) is 19.1 Å². The van der Waals surface area contributed by atoms with Gasteiger partial charge in [-0.1, -0.05) is 48.5 Å². The molecule has 2 N–H and O–H groups in total. The Bertz CT molecular complexity index is 1280. The zero-order chi connectivity index (χ0) is 22.0. The van der Waals surface area contributed by atoms with E-state index in [1.54, 1.807) is 13.1 Å². The fourth-order valence-electron chi connectivity index (χ4n) is 3.53. The molecule has 31 heavy (non-hydrogen) atoms. The summed E-state index contributed by atoms with van der Waals surface area (Å²) in [6.45, 7) is 2.00. The standard InChI is InChI=1S/C25H23N3O3/c1-16-9-7-8-12-20(16)26-23(17-10-5-4-6-11-17)22-19-15-18(28(2)25(30)31-3)13-14-21(19)27-24(22)29/h4-15,27,29H,1-3H3. The third-order valence-corrected chi connectivity index (χ3v) is 5.23. The molecule has 0 unspecified atom stereocenters. The first-order chi connectivity index (χ1) is 15.0. The number of ether oxygens (including phenoxy) is 1. The number of benzene rings is 3. The Balaban J connectivity index is 1.97. The normalized spacial score (nSPS) is 11.5. The average molecular weight is 413 g/mol. The maximum atomic E-state index is 12.0. The first kappa shape index (κ1) is 20.2. The molecule has 0 radical (unpaired) electrons. The quantitative estimate of drug-likeness (QED) is 0.430. The average Bonchev–Trinajstić information content (AvgIpc) is 3.12. The summed E-state index contributed by atoms with van der Waals surface area (Å²) in [6.07, 6.45) is -0.475. The predicted molar refractivity (Wildman–Crippen MR) is 124 cm³/mol. The number of nitrogens with zero attached hydrogens (tertiary/aromatic N) is 2. The fraction of sp³-hybridized carbons (Fsp3) is 0.120. The van der Waals surface area contributed by atoms with Gasteiger partial charge in [-0.3, -0.25) is 4.90 Å². The van der Waals surface area contributed by atoms with Gasteiger partial charge in [-0.05, 0) is 36.8 Å². The van der Waals surface area contributed by atoms with Crippen LogP contribution in [0.4, 0.5) is 16.2 Å². The van der Waals surface area contributed by atoms with Crippen LogP contribution in [-0.4, -0.2) is 36.1 Å². The molecule has 1 aromatic heterocycles. The largest absolute Gasteiger partial charge is 0.494 e. The summed E-state index contributed by atoms with van der Waals surface area (Å²) in [5.41, 5.74) is 5.31. The second-order valence-electron chi connectivity index (χ2n) is 7.22. The Morgan fingerprint density at radius 2 is 1.74 bits per heavy atom. The number of aryl methyl sites for hydroxylation is 1. The zero-order valence-electron chi connectivity index (χ0n) is 17.6. The minimum atomic E-state index is -0.475. The van der Waals surface area contributed by atoms with Crippen molar-refractivity contribution in [3.8, 4) is 5.88 Å². The van der Waals surface area contributed by atoms with Crippen molar-refractivity contribution in [2.45, 2.75) is 6.92 Å². The third kappa shape index (κ3) is 3.88. The highest BCUT2D eigenvalue weighted by molar-refractivity contribution is 6.22. The Kier molecular flexibility index (Phi) is 5.45. The maximum Gasteiger partial charge on any atom is 0.413 e. The van der Waals surface area contributed by atoms with Crippen LogP contribution >= 0.6 is 0 Å². The summed E-state index contributed by atoms with van der Waals surface area (Å²) in [4.78, 5) is 21.4. The van der Waals surface area contributed by atoms with Crippen molar-refractivity contribution in [3.63, 3.8) is 0 Å². The highest BCUT2D eigenvalue weighted by Crippen LogP contribution is 2.34. The van der Waals surface area contributed by atoms with Gasteiger partial charge in [0.15, 0.2) is 5.88 Å². The molecule has 0 spiro atoms. The van der Waals surface area contributed by atoms with Crippen LogP contribution in [0.15, 0.2) is 77.8 Å². The second kappa shape index (κ2) is 8.36. The number of rotatable bonds is 4. The number of H-pyrrole nitrogens is 1. The lowest BCUT2D eigenvalue weighted by molar-refractivity contribution is 0.180. The Hall–Kier alpha value is -4.06. The maximum absolute atomic E-state index is 12.0. The molecule has 1 amide bonds. The Labute approximate surface area is 180 Å². The SMILES string of the molecule is COC(=O)N(C)c1ccc2[nH]c(O)c(C(=Nc3ccccc3C)c3ccccc3)c2c1. The third-order valence-electron chi connectivity index (χ3n) is 5.23. The van der Waals surface area contributed by atoms with Gasteiger partial charge in [0.25, 0.3) is 0 Å². The summed E-state index contributed by atoms with van der Waals surface area (Å²) in [5.74, 6) is 0.0176. The lowest BCUT2D eigenvalue weighted by Gasteiger charge is -2.16. The van der Waals surface area contributed by atoms with Gasteiger partial charge < -0.3 is 14.8 Å². The highest BCUT2D eigenvalue weighted by Gasteiger charge is 2.20. The van der Waals surface area contributed by atoms with Crippen molar-refractivity contribution in [1.82, 2.24) is 4.98 Å². The molecule has 0 aliphatic heterocycles. The zero-order valence-corrected chi connectivity index (χ0v) is 17.6. The van der Waals surface area contributed by atoms with E-state index in [1.807, 2.05) is 73.7 Å². The molecule has 1 heterocycles. The highest BCUT2D eigenvalue weighted by atomic mass is 16.5. The van der Waals surface area contributed by atoms with Crippen molar-refractivity contribution in [3.05, 3.63) is 89.5 Å². The molecule has 0 saturated carbocycles. The Morgan fingerprint density at radius 1 is 1.03 bits per heavy atom. The van der Waals surface area contributed by atoms with E-state index in [-0.39, 0.29) is 5.88 Å². The summed E-state index contributed by atoms with van der Waals surface area (Å²) < 4.78 is 4.83. The number of aromatic hydroxyl groups is 1. The number of carbonyl (C=O) groups is 1. The van der Waals surface area contributed by atoms with Crippen LogP contribution in [0.1, 0.15) is 16.7 Å². The molecule has 0 aliphatic rings. The van der Waals surface area contributed by atoms with Gasteiger partial charge in [-0.15, -0.1) is 0 Å². The smallest absolute Gasteiger partial charge is 0.413 e. The van der Waals surface area contributed by atoms with Crippen molar-refractivity contribution < 1.29 is 14.6 Å². The molecule has 0 fully saturated rings. The monoisotopic (exact) mass is 413 g/mol. The summed E-state index contributed by atoms with van der Waals surface area (Å²) in [5, 5.41) is 11.6. The van der Waals surface area contributed by atoms with Gasteiger partial charge in [-0.2, -0.15) is 0 Å². The predicted octanol–water partition coefficient (Wildman–Crippen LogP) is 5.55. The van der Waals surface area contributed by atoms with E-state index in [2.05, 4.69) is 4.98 Å². The first-order valence-corrected chi connectivity index (χ1v) is 9.86. The molecule has 0 aliphatic carbocycles. The molecule has 0 saturated heterocycles. The summed E-state index contributed by atoms with van der Waals surface area (Å²) >= 11 is 0. The fourth-order valence-corrected chi connectivity index (χ4v) is 3.53. The number of aliphatic imine (C=N–C) groups is 1. The van der Waals surface area contributed by atoms with Gasteiger partial charge in [-0.25, -0.2) is 9.79 Å². The molecule has 0 bridgehead atoms. The number of carbonyl (C=O) groups excluding carboxylic acids is 1. The molecular formula is C25H23N3O3. The molecule has 6 heteroatoms. The molecule has 4 rings (SSSR count). The van der Waals surface area contributed by atoms with Gasteiger partial charge in [0.05, 0.1) is 24.1 Å². The van der Waals surface area contributed by atoms with E-state index >= 15 is 0 Å². The van der Waals surface area contributed by atoms with E-state index in [0.717, 1.165) is 27.7 Å². The van der Waals surface area contributed by atoms with E-state index in [0.29, 0.717) is 17.0 Å². The molecule has 0 atom stereocenters. The number of para-hydroxylation sites is 1. The number of methoxy groups -OCH3 is 1. The molecule has 4 aromatic rings. The van der Waals surface area contributed by atoms with Gasteiger partial charge in [0, 0.05) is 29.2 Å². The minimum Gasteiger partial charge on any atom is -0.494 e. The molecular weight excluding hydrogens is 390 g/mol. The van der Waals surface area contributed by atoms with Crippen LogP contribution in [0.5, 0.6) is 5.88 Å². The number of aromatic amines is 1. The summed E-state index contributed by atoms with van der Waals surface area (Å²) in [7, 11) is 2.98. The summed E-state index contributed by atoms with van der Waals surface area (Å²) in [6, 6.07) is 23.0. The van der Waals surface area contributed by atoms with E-state index in [1.165, 1.54) is 12.0 Å². The topological polar surface area (TPSA) is 77.9 Å². The van der Waals surface area contributed by atoms with Crippen LogP contribution in [0.2, 0.25) is 0 Å². The van der Waals surface area contributed by atoms with E-state index < -0.39 is 6.09 Å². The number of hydrogen-bond donors (Lipinski definition) is 2. The van der Waals surface area contributed by atoms with Crippen LogP contribution in [-0.2, 0) is 4.74 Å². The van der Waals surface area contributed by atoms with Crippen LogP contribution in [0.25, 0.3) is 10.9 Å². The lowest BCUT2D eigenvalue weighted by atomic mass is 10.00. The second-order valence-corrected chi connectivity index (χ2v) is 7.22. The van der Waals surface area contributed by atoms with Crippen molar-refractivity contribution >= 4 is 34.1 Å². The van der Waals surface area contributed by atoms with Crippen molar-refractivity contribution in [2.24, 2.45) is 4.99 Å². The number of hydrogen-bond acceptors (Lipinski definition) is 4.